The first-order valence-electron chi connectivity index (χ1n) is 8.68. The highest BCUT2D eigenvalue weighted by atomic mass is 19.2. The highest BCUT2D eigenvalue weighted by Gasteiger charge is 2.18. The van der Waals surface area contributed by atoms with Gasteiger partial charge in [0.15, 0.2) is 29.0 Å². The van der Waals surface area contributed by atoms with Crippen molar-refractivity contribution >= 4 is 17.7 Å². The van der Waals surface area contributed by atoms with Gasteiger partial charge in [0.1, 0.15) is 0 Å². The Hall–Kier alpha value is -3.47. The van der Waals surface area contributed by atoms with Gasteiger partial charge in [-0.1, -0.05) is 0 Å². The number of nitrogens with two attached hydrogens (primary N) is 2. The van der Waals surface area contributed by atoms with E-state index in [-0.39, 0.29) is 18.1 Å². The quantitative estimate of drug-likeness (QED) is 0.322. The van der Waals surface area contributed by atoms with Crippen molar-refractivity contribution in [2.75, 3.05) is 26.1 Å². The van der Waals surface area contributed by atoms with Crippen LogP contribution in [-0.4, -0.2) is 32.8 Å². The van der Waals surface area contributed by atoms with E-state index in [4.69, 9.17) is 20.9 Å². The maximum absolute atomic E-state index is 13.6. The third kappa shape index (κ3) is 5.32. The molecule has 8 nitrogen and oxygen atoms in total. The van der Waals surface area contributed by atoms with Gasteiger partial charge >= 0.3 is 6.03 Å². The molecule has 0 spiro atoms. The summed E-state index contributed by atoms with van der Waals surface area (Å²) in [4.78, 5) is 15.6. The van der Waals surface area contributed by atoms with Gasteiger partial charge < -0.3 is 26.3 Å². The number of hydrogen-bond acceptors (Lipinski definition) is 5. The van der Waals surface area contributed by atoms with Gasteiger partial charge in [0.25, 0.3) is 0 Å². The Morgan fingerprint density at radius 3 is 2.17 bits per heavy atom. The number of nitrogens with zero attached hydrogens (tertiary/aromatic N) is 1. The van der Waals surface area contributed by atoms with Gasteiger partial charge in [0, 0.05) is 18.3 Å². The van der Waals surface area contributed by atoms with E-state index in [0.717, 1.165) is 12.1 Å². The first-order valence-corrected chi connectivity index (χ1v) is 8.68. The second kappa shape index (κ2) is 9.83. The molecule has 2 rings (SSSR count). The molecular weight excluding hydrogens is 403 g/mol. The SMILES string of the molecule is COc1cc(C)c(NC(=NC(CN)c2cc(F)c(F)c(F)c2)NC(N)=O)cc1OC. The molecule has 6 N–H and O–H groups in total. The smallest absolute Gasteiger partial charge is 0.318 e. The molecule has 1 atom stereocenters. The van der Waals surface area contributed by atoms with Crippen molar-refractivity contribution in [2.24, 2.45) is 16.5 Å². The molecule has 0 saturated carbocycles. The maximum atomic E-state index is 13.6. The molecule has 0 aliphatic carbocycles. The van der Waals surface area contributed by atoms with Crippen molar-refractivity contribution in [3.63, 3.8) is 0 Å². The summed E-state index contributed by atoms with van der Waals surface area (Å²) in [6.45, 7) is 1.57. The van der Waals surface area contributed by atoms with Gasteiger partial charge in [-0.15, -0.1) is 0 Å². The van der Waals surface area contributed by atoms with E-state index in [1.807, 2.05) is 0 Å². The lowest BCUT2D eigenvalue weighted by Gasteiger charge is -2.18. The number of benzene rings is 2. The van der Waals surface area contributed by atoms with Crippen LogP contribution < -0.4 is 31.6 Å². The number of methoxy groups -OCH3 is 2. The average Bonchev–Trinajstić information content (AvgIpc) is 2.70. The second-order valence-electron chi connectivity index (χ2n) is 6.16. The number of aryl methyl sites for hydroxylation is 1. The minimum absolute atomic E-state index is 0.0245. The van der Waals surface area contributed by atoms with Crippen LogP contribution in [0.3, 0.4) is 0 Å². The highest BCUT2D eigenvalue weighted by molar-refractivity contribution is 6.03. The number of urea groups is 1. The van der Waals surface area contributed by atoms with Gasteiger partial charge in [-0.05, 0) is 36.2 Å². The molecule has 0 heterocycles. The number of aliphatic imine (C=N–C) groups is 1. The number of nitrogens with one attached hydrogen (secondary N) is 2. The lowest BCUT2D eigenvalue weighted by atomic mass is 10.1. The largest absolute Gasteiger partial charge is 0.493 e. The van der Waals surface area contributed by atoms with Crippen molar-refractivity contribution in [1.29, 1.82) is 0 Å². The number of carbonyl (C=O) groups is 1. The average molecular weight is 425 g/mol. The summed E-state index contributed by atoms with van der Waals surface area (Å²) in [7, 11) is 2.94. The lowest BCUT2D eigenvalue weighted by Crippen LogP contribution is -2.40. The standard InChI is InChI=1S/C19H22F3N5O3/c1-9-4-15(29-2)16(30-3)7-13(9)25-19(27-18(24)28)26-14(8-23)10-5-11(20)17(22)12(21)6-10/h4-7,14H,8,23H2,1-3H3,(H4,24,25,26,27,28). The topological polar surface area (TPSA) is 124 Å². The number of ether oxygens (including phenoxy) is 2. The van der Waals surface area contributed by atoms with Crippen molar-refractivity contribution in [3.05, 3.63) is 52.8 Å². The fraction of sp³-hybridized carbons (Fsp3) is 0.263. The fourth-order valence-corrected chi connectivity index (χ4v) is 2.64. The van der Waals surface area contributed by atoms with Crippen molar-refractivity contribution in [2.45, 2.75) is 13.0 Å². The summed E-state index contributed by atoms with van der Waals surface area (Å²) < 4.78 is 50.9. The van der Waals surface area contributed by atoms with Gasteiger partial charge in [-0.25, -0.2) is 23.0 Å². The van der Waals surface area contributed by atoms with Crippen LogP contribution >= 0.6 is 0 Å². The Morgan fingerprint density at radius 1 is 1.10 bits per heavy atom. The van der Waals surface area contributed by atoms with Crippen LogP contribution in [0.25, 0.3) is 0 Å². The van der Waals surface area contributed by atoms with Crippen molar-refractivity contribution in [3.8, 4) is 11.5 Å². The van der Waals surface area contributed by atoms with Crippen LogP contribution in [0.1, 0.15) is 17.2 Å². The van der Waals surface area contributed by atoms with E-state index in [0.29, 0.717) is 22.7 Å². The zero-order valence-electron chi connectivity index (χ0n) is 16.6. The molecule has 11 heteroatoms. The molecule has 0 aliphatic rings. The first-order chi connectivity index (χ1) is 14.2. The van der Waals surface area contributed by atoms with E-state index < -0.39 is 29.5 Å². The molecule has 30 heavy (non-hydrogen) atoms. The Kier molecular flexibility index (Phi) is 7.48. The minimum Gasteiger partial charge on any atom is -0.493 e. The van der Waals surface area contributed by atoms with Crippen LogP contribution in [0.2, 0.25) is 0 Å². The lowest BCUT2D eigenvalue weighted by molar-refractivity contribution is 0.253. The number of anilines is 1. The molecule has 0 fully saturated rings. The van der Waals surface area contributed by atoms with Crippen LogP contribution in [0, 0.1) is 24.4 Å². The van der Waals surface area contributed by atoms with Gasteiger partial charge in [0.2, 0.25) is 5.96 Å². The predicted octanol–water partition coefficient (Wildman–Crippen LogP) is 2.57. The van der Waals surface area contributed by atoms with E-state index in [2.05, 4.69) is 15.6 Å². The third-order valence-electron chi connectivity index (χ3n) is 4.12. The fourth-order valence-electron chi connectivity index (χ4n) is 2.64. The highest BCUT2D eigenvalue weighted by Crippen LogP contribution is 2.33. The molecule has 0 radical (unpaired) electrons. The number of amides is 2. The van der Waals surface area contributed by atoms with Crippen LogP contribution in [0.15, 0.2) is 29.3 Å². The monoisotopic (exact) mass is 425 g/mol. The number of hydrogen-bond donors (Lipinski definition) is 4. The molecule has 0 bridgehead atoms. The summed E-state index contributed by atoms with van der Waals surface area (Å²) in [6.07, 6.45) is 0. The number of rotatable bonds is 6. The summed E-state index contributed by atoms with van der Waals surface area (Å²) in [6, 6.07) is 2.90. The molecule has 0 saturated heterocycles. The summed E-state index contributed by atoms with van der Waals surface area (Å²) in [5.41, 5.74) is 12.0. The van der Waals surface area contributed by atoms with E-state index >= 15 is 0 Å². The van der Waals surface area contributed by atoms with E-state index in [1.54, 1.807) is 19.1 Å². The maximum Gasteiger partial charge on any atom is 0.318 e. The second-order valence-corrected chi connectivity index (χ2v) is 6.16. The zero-order chi connectivity index (χ0) is 22.4. The normalized spacial score (nSPS) is 12.3. The van der Waals surface area contributed by atoms with Gasteiger partial charge in [-0.2, -0.15) is 0 Å². The van der Waals surface area contributed by atoms with Gasteiger partial charge in [-0.3, -0.25) is 5.32 Å². The number of carbonyl (C=O) groups excluding carboxylic acids is 1. The molecule has 162 valence electrons. The molecule has 2 amide bonds. The van der Waals surface area contributed by atoms with Gasteiger partial charge in [0.05, 0.1) is 20.3 Å². The Bertz CT molecular complexity index is 946. The molecule has 0 aliphatic heterocycles. The third-order valence-corrected chi connectivity index (χ3v) is 4.12. The molecule has 1 unspecified atom stereocenters. The number of halogens is 3. The van der Waals surface area contributed by atoms with Crippen molar-refractivity contribution in [1.82, 2.24) is 5.32 Å². The molecule has 2 aromatic rings. The van der Waals surface area contributed by atoms with Crippen LogP contribution in [0.5, 0.6) is 11.5 Å². The minimum atomic E-state index is -1.60. The molecule has 2 aromatic carbocycles. The van der Waals surface area contributed by atoms with Crippen LogP contribution in [0.4, 0.5) is 23.7 Å². The summed E-state index contributed by atoms with van der Waals surface area (Å²) >= 11 is 0. The zero-order valence-corrected chi connectivity index (χ0v) is 16.6. The van der Waals surface area contributed by atoms with E-state index in [1.165, 1.54) is 14.2 Å². The van der Waals surface area contributed by atoms with E-state index in [9.17, 15) is 18.0 Å². The Balaban J connectivity index is 2.46. The summed E-state index contributed by atoms with van der Waals surface area (Å²) in [5.74, 6) is -3.62. The first kappa shape index (κ1) is 22.8. The Morgan fingerprint density at radius 2 is 1.67 bits per heavy atom. The molecular formula is C19H22F3N5O3. The van der Waals surface area contributed by atoms with Crippen LogP contribution in [-0.2, 0) is 0 Å². The number of primary amides is 1. The predicted molar refractivity (Wildman–Crippen MR) is 106 cm³/mol. The summed E-state index contributed by atoms with van der Waals surface area (Å²) in [5, 5.41) is 5.15. The van der Waals surface area contributed by atoms with Crippen molar-refractivity contribution < 1.29 is 27.4 Å². The Labute approximate surface area is 171 Å². The number of guanidine groups is 1. The molecule has 0 aromatic heterocycles.